The van der Waals surface area contributed by atoms with E-state index in [-0.39, 0.29) is 0 Å². The smallest absolute Gasteiger partial charge is 0.218 e. The lowest BCUT2D eigenvalue weighted by atomic mass is 10.2. The fourth-order valence-corrected chi connectivity index (χ4v) is 1.05. The molecule has 0 bridgehead atoms. The number of hydrogen-bond acceptors (Lipinski definition) is 5. The van der Waals surface area contributed by atoms with Crippen LogP contribution in [-0.2, 0) is 4.74 Å². The SMILES string of the molecule is COCCNc1cc(OCC(C)C)ncn1. The third-order valence-corrected chi connectivity index (χ3v) is 1.82. The molecule has 0 saturated carbocycles. The van der Waals surface area contributed by atoms with E-state index in [1.165, 1.54) is 6.33 Å². The Labute approximate surface area is 96.2 Å². The molecule has 16 heavy (non-hydrogen) atoms. The first-order valence-corrected chi connectivity index (χ1v) is 5.40. The molecule has 5 nitrogen and oxygen atoms in total. The van der Waals surface area contributed by atoms with Gasteiger partial charge in [-0.15, -0.1) is 0 Å². The molecule has 0 radical (unpaired) electrons. The molecule has 1 aromatic rings. The molecule has 1 N–H and O–H groups in total. The van der Waals surface area contributed by atoms with Crippen LogP contribution in [0.15, 0.2) is 12.4 Å². The van der Waals surface area contributed by atoms with E-state index in [4.69, 9.17) is 9.47 Å². The van der Waals surface area contributed by atoms with Crippen molar-refractivity contribution < 1.29 is 9.47 Å². The Bertz CT molecular complexity index is 305. The first-order chi connectivity index (χ1) is 7.72. The highest BCUT2D eigenvalue weighted by atomic mass is 16.5. The number of nitrogens with zero attached hydrogens (tertiary/aromatic N) is 2. The second kappa shape index (κ2) is 7.00. The molecular formula is C11H19N3O2. The molecule has 0 unspecified atom stereocenters. The zero-order valence-electron chi connectivity index (χ0n) is 10.1. The number of anilines is 1. The topological polar surface area (TPSA) is 56.3 Å². The average Bonchev–Trinajstić information content (AvgIpc) is 2.27. The van der Waals surface area contributed by atoms with Crippen molar-refractivity contribution in [2.45, 2.75) is 13.8 Å². The van der Waals surface area contributed by atoms with Gasteiger partial charge in [-0.1, -0.05) is 13.8 Å². The minimum absolute atomic E-state index is 0.486. The average molecular weight is 225 g/mol. The highest BCUT2D eigenvalue weighted by molar-refractivity contribution is 5.36. The van der Waals surface area contributed by atoms with E-state index in [1.54, 1.807) is 13.2 Å². The maximum atomic E-state index is 5.49. The van der Waals surface area contributed by atoms with E-state index in [0.29, 0.717) is 25.0 Å². The predicted molar refractivity (Wildman–Crippen MR) is 62.7 cm³/mol. The van der Waals surface area contributed by atoms with Gasteiger partial charge in [0.1, 0.15) is 12.1 Å². The number of methoxy groups -OCH3 is 1. The second-order valence-electron chi connectivity index (χ2n) is 3.87. The van der Waals surface area contributed by atoms with Crippen LogP contribution in [0.3, 0.4) is 0 Å². The summed E-state index contributed by atoms with van der Waals surface area (Å²) in [6, 6.07) is 1.79. The highest BCUT2D eigenvalue weighted by Gasteiger charge is 2.00. The van der Waals surface area contributed by atoms with Crippen molar-refractivity contribution in [1.29, 1.82) is 0 Å². The molecule has 0 amide bonds. The van der Waals surface area contributed by atoms with E-state index >= 15 is 0 Å². The monoisotopic (exact) mass is 225 g/mol. The zero-order valence-corrected chi connectivity index (χ0v) is 10.1. The fraction of sp³-hybridized carbons (Fsp3) is 0.636. The van der Waals surface area contributed by atoms with Crippen LogP contribution in [0.2, 0.25) is 0 Å². The lowest BCUT2D eigenvalue weighted by molar-refractivity contribution is 0.210. The number of nitrogens with one attached hydrogen (secondary N) is 1. The molecule has 0 fully saturated rings. The van der Waals surface area contributed by atoms with Gasteiger partial charge >= 0.3 is 0 Å². The molecule has 5 heteroatoms. The third kappa shape index (κ3) is 4.93. The van der Waals surface area contributed by atoms with Crippen molar-refractivity contribution in [2.24, 2.45) is 5.92 Å². The molecular weight excluding hydrogens is 206 g/mol. The van der Waals surface area contributed by atoms with Gasteiger partial charge in [-0.3, -0.25) is 0 Å². The Morgan fingerprint density at radius 1 is 1.38 bits per heavy atom. The molecule has 0 atom stereocenters. The van der Waals surface area contributed by atoms with Gasteiger partial charge < -0.3 is 14.8 Å². The van der Waals surface area contributed by atoms with Crippen LogP contribution >= 0.6 is 0 Å². The number of aromatic nitrogens is 2. The standard InChI is InChI=1S/C11H19N3O2/c1-9(2)7-16-11-6-10(13-8-14-11)12-4-5-15-3/h6,8-9H,4-5,7H2,1-3H3,(H,12,13,14). The molecule has 0 aliphatic carbocycles. The first kappa shape index (κ1) is 12.7. The number of ether oxygens (including phenoxy) is 2. The molecule has 0 aliphatic heterocycles. The molecule has 1 aromatic heterocycles. The number of hydrogen-bond donors (Lipinski definition) is 1. The molecule has 0 saturated heterocycles. The summed E-state index contributed by atoms with van der Waals surface area (Å²) in [5.74, 6) is 1.84. The van der Waals surface area contributed by atoms with Crippen LogP contribution in [0, 0.1) is 5.92 Å². The zero-order chi connectivity index (χ0) is 11.8. The van der Waals surface area contributed by atoms with Gasteiger partial charge in [0.15, 0.2) is 0 Å². The van der Waals surface area contributed by atoms with Crippen molar-refractivity contribution in [3.05, 3.63) is 12.4 Å². The van der Waals surface area contributed by atoms with Crippen LogP contribution in [-0.4, -0.2) is 36.8 Å². The maximum Gasteiger partial charge on any atom is 0.218 e. The Kier molecular flexibility index (Phi) is 5.56. The van der Waals surface area contributed by atoms with Gasteiger partial charge in [0.2, 0.25) is 5.88 Å². The summed E-state index contributed by atoms with van der Waals surface area (Å²) >= 11 is 0. The van der Waals surface area contributed by atoms with Gasteiger partial charge in [-0.05, 0) is 5.92 Å². The summed E-state index contributed by atoms with van der Waals surface area (Å²) in [7, 11) is 1.67. The second-order valence-corrected chi connectivity index (χ2v) is 3.87. The minimum Gasteiger partial charge on any atom is -0.477 e. The van der Waals surface area contributed by atoms with Crippen molar-refractivity contribution >= 4 is 5.82 Å². The predicted octanol–water partition coefficient (Wildman–Crippen LogP) is 1.57. The van der Waals surface area contributed by atoms with E-state index in [0.717, 1.165) is 12.4 Å². The van der Waals surface area contributed by atoms with Gasteiger partial charge in [0.25, 0.3) is 0 Å². The Hall–Kier alpha value is -1.36. The Morgan fingerprint density at radius 2 is 2.19 bits per heavy atom. The fourth-order valence-electron chi connectivity index (χ4n) is 1.05. The lowest BCUT2D eigenvalue weighted by Crippen LogP contribution is -2.10. The molecule has 90 valence electrons. The third-order valence-electron chi connectivity index (χ3n) is 1.82. The Balaban J connectivity index is 2.43. The van der Waals surface area contributed by atoms with E-state index in [1.807, 2.05) is 0 Å². The van der Waals surface area contributed by atoms with Gasteiger partial charge in [0.05, 0.1) is 13.2 Å². The summed E-state index contributed by atoms with van der Waals surface area (Å²) in [6.07, 6.45) is 1.49. The highest BCUT2D eigenvalue weighted by Crippen LogP contribution is 2.11. The quantitative estimate of drug-likeness (QED) is 0.714. The Morgan fingerprint density at radius 3 is 2.88 bits per heavy atom. The summed E-state index contributed by atoms with van der Waals surface area (Å²) in [6.45, 7) is 6.22. The van der Waals surface area contributed by atoms with Crippen LogP contribution in [0.1, 0.15) is 13.8 Å². The largest absolute Gasteiger partial charge is 0.477 e. The minimum atomic E-state index is 0.486. The van der Waals surface area contributed by atoms with Crippen molar-refractivity contribution in [2.75, 3.05) is 32.2 Å². The van der Waals surface area contributed by atoms with E-state index in [2.05, 4.69) is 29.1 Å². The van der Waals surface area contributed by atoms with Crippen molar-refractivity contribution in [3.63, 3.8) is 0 Å². The summed E-state index contributed by atoms with van der Waals surface area (Å²) in [4.78, 5) is 8.12. The molecule has 1 heterocycles. The van der Waals surface area contributed by atoms with Crippen LogP contribution < -0.4 is 10.1 Å². The summed E-state index contributed by atoms with van der Waals surface area (Å²) in [5, 5.41) is 3.12. The van der Waals surface area contributed by atoms with Gasteiger partial charge in [-0.25, -0.2) is 9.97 Å². The molecule has 1 rings (SSSR count). The van der Waals surface area contributed by atoms with Crippen LogP contribution in [0.25, 0.3) is 0 Å². The van der Waals surface area contributed by atoms with E-state index in [9.17, 15) is 0 Å². The summed E-state index contributed by atoms with van der Waals surface area (Å²) < 4.78 is 10.4. The van der Waals surface area contributed by atoms with Gasteiger partial charge in [0, 0.05) is 19.7 Å². The molecule has 0 spiro atoms. The summed E-state index contributed by atoms with van der Waals surface area (Å²) in [5.41, 5.74) is 0. The van der Waals surface area contributed by atoms with Gasteiger partial charge in [-0.2, -0.15) is 0 Å². The first-order valence-electron chi connectivity index (χ1n) is 5.40. The molecule has 0 aromatic carbocycles. The maximum absolute atomic E-state index is 5.49. The van der Waals surface area contributed by atoms with Crippen LogP contribution in [0.5, 0.6) is 5.88 Å². The number of rotatable bonds is 7. The van der Waals surface area contributed by atoms with E-state index < -0.39 is 0 Å². The lowest BCUT2D eigenvalue weighted by Gasteiger charge is -2.09. The van der Waals surface area contributed by atoms with Crippen molar-refractivity contribution in [1.82, 2.24) is 9.97 Å². The van der Waals surface area contributed by atoms with Crippen LogP contribution in [0.4, 0.5) is 5.82 Å². The van der Waals surface area contributed by atoms with Crippen molar-refractivity contribution in [3.8, 4) is 5.88 Å². The molecule has 0 aliphatic rings. The normalized spacial score (nSPS) is 10.5.